The van der Waals surface area contributed by atoms with Crippen molar-refractivity contribution in [3.8, 4) is 0 Å². The second-order valence-corrected chi connectivity index (χ2v) is 6.65. The number of nitrogens with one attached hydrogen (secondary N) is 1. The minimum atomic E-state index is 0. The fourth-order valence-corrected chi connectivity index (χ4v) is 2.91. The van der Waals surface area contributed by atoms with E-state index in [1.54, 1.807) is 0 Å². The highest BCUT2D eigenvalue weighted by Crippen LogP contribution is 2.12. The van der Waals surface area contributed by atoms with Crippen LogP contribution < -0.4 is 11.1 Å². The Balaban J connectivity index is 0.00000288. The lowest BCUT2D eigenvalue weighted by atomic mass is 10.1. The summed E-state index contributed by atoms with van der Waals surface area (Å²) in [6.45, 7) is 8.73. The summed E-state index contributed by atoms with van der Waals surface area (Å²) in [6, 6.07) is 7.69. The van der Waals surface area contributed by atoms with Crippen LogP contribution in [0.4, 0.5) is 5.69 Å². The number of halogens is 2. The van der Waals surface area contributed by atoms with E-state index in [4.69, 9.17) is 10.5 Å². The Hall–Kier alpha value is -1.01. The van der Waals surface area contributed by atoms with Gasteiger partial charge in [-0.2, -0.15) is 0 Å². The summed E-state index contributed by atoms with van der Waals surface area (Å²) in [5, 5.41) is 2.98. The fourth-order valence-electron chi connectivity index (χ4n) is 2.91. The zero-order chi connectivity index (χ0) is 16.7. The first-order chi connectivity index (χ1) is 11.0. The van der Waals surface area contributed by atoms with Crippen molar-refractivity contribution < 1.29 is 9.53 Å². The minimum absolute atomic E-state index is 0. The lowest BCUT2D eigenvalue weighted by Crippen LogP contribution is -2.48. The molecule has 1 unspecified atom stereocenters. The van der Waals surface area contributed by atoms with E-state index in [2.05, 4.69) is 24.1 Å². The predicted octanol–water partition coefficient (Wildman–Crippen LogP) is 2.52. The Kier molecular flexibility index (Phi) is 11.9. The second kappa shape index (κ2) is 12.4. The number of anilines is 1. The van der Waals surface area contributed by atoms with Gasteiger partial charge in [-0.15, -0.1) is 24.8 Å². The van der Waals surface area contributed by atoms with E-state index in [1.807, 2.05) is 24.3 Å². The van der Waals surface area contributed by atoms with Crippen LogP contribution in [0, 0.1) is 5.92 Å². The van der Waals surface area contributed by atoms with Crippen molar-refractivity contribution in [1.82, 2.24) is 10.2 Å². The Morgan fingerprint density at radius 2 is 2.08 bits per heavy atom. The summed E-state index contributed by atoms with van der Waals surface area (Å²) in [5.74, 6) is 0.706. The molecule has 5 nitrogen and oxygen atoms in total. The van der Waals surface area contributed by atoms with Crippen LogP contribution in [0.25, 0.3) is 0 Å². The Bertz CT molecular complexity index is 515. The molecule has 1 heterocycles. The molecule has 0 radical (unpaired) electrons. The van der Waals surface area contributed by atoms with Gasteiger partial charge in [0.15, 0.2) is 0 Å². The molecule has 1 atom stereocenters. The molecule has 1 aliphatic heterocycles. The molecule has 1 aromatic carbocycles. The lowest BCUT2D eigenvalue weighted by molar-refractivity contribution is -0.122. The largest absolute Gasteiger partial charge is 0.399 e. The number of rotatable bonds is 7. The molecule has 0 spiro atoms. The van der Waals surface area contributed by atoms with Crippen LogP contribution in [-0.2, 0) is 16.0 Å². The van der Waals surface area contributed by atoms with Crippen LogP contribution in [0.1, 0.15) is 25.8 Å². The molecule has 3 N–H and O–H groups in total. The zero-order valence-electron chi connectivity index (χ0n) is 15.1. The van der Waals surface area contributed by atoms with Crippen molar-refractivity contribution in [1.29, 1.82) is 0 Å². The molecule has 0 saturated carbocycles. The number of morpholine rings is 1. The van der Waals surface area contributed by atoms with Crippen LogP contribution in [-0.4, -0.2) is 49.7 Å². The first-order valence-corrected chi connectivity index (χ1v) is 8.48. The van der Waals surface area contributed by atoms with Gasteiger partial charge >= 0.3 is 0 Å². The third-order valence-corrected chi connectivity index (χ3v) is 4.05. The molecule has 2 rings (SSSR count). The average Bonchev–Trinajstić information content (AvgIpc) is 2.52. The average molecular weight is 392 g/mol. The van der Waals surface area contributed by atoms with Crippen LogP contribution in [0.15, 0.2) is 24.3 Å². The number of para-hydroxylation sites is 1. The number of hydrogen-bond donors (Lipinski definition) is 2. The SMILES string of the molecule is CC(C)CN1CCOC(CNC(=O)CCc2ccccc2N)C1.Cl.Cl. The highest BCUT2D eigenvalue weighted by atomic mass is 35.5. The molecule has 7 heteroatoms. The normalized spacial score (nSPS) is 17.5. The maximum atomic E-state index is 12.0. The van der Waals surface area contributed by atoms with Crippen LogP contribution in [0.5, 0.6) is 0 Å². The number of carbonyl (C=O) groups excluding carboxylic acids is 1. The van der Waals surface area contributed by atoms with E-state index in [1.165, 1.54) is 0 Å². The van der Waals surface area contributed by atoms with Gasteiger partial charge in [0.2, 0.25) is 5.91 Å². The molecular weight excluding hydrogens is 361 g/mol. The first kappa shape index (κ1) is 24.0. The molecule has 0 bridgehead atoms. The number of nitrogens with zero attached hydrogens (tertiary/aromatic N) is 1. The Morgan fingerprint density at radius 3 is 2.76 bits per heavy atom. The van der Waals surface area contributed by atoms with Gasteiger partial charge in [-0.1, -0.05) is 32.0 Å². The molecule has 1 amide bonds. The molecule has 1 aromatic rings. The summed E-state index contributed by atoms with van der Waals surface area (Å²) in [4.78, 5) is 14.4. The number of hydrogen-bond acceptors (Lipinski definition) is 4. The molecule has 0 aliphatic carbocycles. The van der Waals surface area contributed by atoms with Crippen LogP contribution >= 0.6 is 24.8 Å². The highest BCUT2D eigenvalue weighted by Gasteiger charge is 2.21. The summed E-state index contributed by atoms with van der Waals surface area (Å²) in [7, 11) is 0. The standard InChI is InChI=1S/C18H29N3O2.2ClH/c1-14(2)12-21-9-10-23-16(13-21)11-20-18(22)8-7-15-5-3-4-6-17(15)19;;/h3-6,14,16H,7-13,19H2,1-2H3,(H,20,22);2*1H. The molecule has 1 fully saturated rings. The molecule has 1 aliphatic rings. The molecule has 0 aromatic heterocycles. The quantitative estimate of drug-likeness (QED) is 0.700. The van der Waals surface area contributed by atoms with Crippen molar-refractivity contribution in [2.24, 2.45) is 5.92 Å². The number of benzene rings is 1. The van der Waals surface area contributed by atoms with Gasteiger partial charge in [0.1, 0.15) is 0 Å². The van der Waals surface area contributed by atoms with Crippen LogP contribution in [0.2, 0.25) is 0 Å². The molecule has 1 saturated heterocycles. The monoisotopic (exact) mass is 391 g/mol. The topological polar surface area (TPSA) is 67.6 Å². The van der Waals surface area contributed by atoms with Crippen molar-refractivity contribution in [3.05, 3.63) is 29.8 Å². The maximum Gasteiger partial charge on any atom is 0.220 e. The number of aryl methyl sites for hydroxylation is 1. The third kappa shape index (κ3) is 8.77. The predicted molar refractivity (Wildman–Crippen MR) is 108 cm³/mol. The van der Waals surface area contributed by atoms with E-state index in [9.17, 15) is 4.79 Å². The number of nitrogen functional groups attached to an aromatic ring is 1. The van der Waals surface area contributed by atoms with Crippen molar-refractivity contribution in [2.75, 3.05) is 38.5 Å². The first-order valence-electron chi connectivity index (χ1n) is 8.48. The van der Waals surface area contributed by atoms with E-state index in [0.29, 0.717) is 25.3 Å². The summed E-state index contributed by atoms with van der Waals surface area (Å²) >= 11 is 0. The smallest absolute Gasteiger partial charge is 0.220 e. The Labute approximate surface area is 163 Å². The number of nitrogens with two attached hydrogens (primary N) is 1. The van der Waals surface area contributed by atoms with Gasteiger partial charge < -0.3 is 15.8 Å². The second-order valence-electron chi connectivity index (χ2n) is 6.65. The number of carbonyl (C=O) groups is 1. The minimum Gasteiger partial charge on any atom is -0.399 e. The van der Waals surface area contributed by atoms with Crippen molar-refractivity contribution >= 4 is 36.4 Å². The maximum absolute atomic E-state index is 12.0. The van der Waals surface area contributed by atoms with Crippen molar-refractivity contribution in [3.63, 3.8) is 0 Å². The molecule has 144 valence electrons. The number of amides is 1. The highest BCUT2D eigenvalue weighted by molar-refractivity contribution is 5.85. The summed E-state index contributed by atoms with van der Waals surface area (Å²) in [6.07, 6.45) is 1.22. The Morgan fingerprint density at radius 1 is 1.36 bits per heavy atom. The van der Waals surface area contributed by atoms with Gasteiger partial charge in [-0.3, -0.25) is 9.69 Å². The van der Waals surface area contributed by atoms with Gasteiger partial charge in [-0.25, -0.2) is 0 Å². The summed E-state index contributed by atoms with van der Waals surface area (Å²) in [5.41, 5.74) is 7.67. The van der Waals surface area contributed by atoms with E-state index in [-0.39, 0.29) is 36.8 Å². The van der Waals surface area contributed by atoms with Crippen molar-refractivity contribution in [2.45, 2.75) is 32.8 Å². The molecular formula is C18H31Cl2N3O2. The fraction of sp³-hybridized carbons (Fsp3) is 0.611. The van der Waals surface area contributed by atoms with Gasteiger partial charge in [0, 0.05) is 38.3 Å². The van der Waals surface area contributed by atoms with Gasteiger partial charge in [-0.05, 0) is 24.0 Å². The zero-order valence-corrected chi connectivity index (χ0v) is 16.7. The lowest BCUT2D eigenvalue weighted by Gasteiger charge is -2.33. The number of ether oxygens (including phenoxy) is 1. The summed E-state index contributed by atoms with van der Waals surface area (Å²) < 4.78 is 5.75. The van der Waals surface area contributed by atoms with E-state index >= 15 is 0 Å². The molecule has 25 heavy (non-hydrogen) atoms. The van der Waals surface area contributed by atoms with Crippen LogP contribution in [0.3, 0.4) is 0 Å². The van der Waals surface area contributed by atoms with E-state index in [0.717, 1.165) is 37.5 Å². The van der Waals surface area contributed by atoms with E-state index < -0.39 is 0 Å². The third-order valence-electron chi connectivity index (χ3n) is 4.05. The van der Waals surface area contributed by atoms with Gasteiger partial charge in [0.25, 0.3) is 0 Å². The van der Waals surface area contributed by atoms with Gasteiger partial charge in [0.05, 0.1) is 12.7 Å².